The smallest absolute Gasteiger partial charge is 0.223 e. The first-order valence-electron chi connectivity index (χ1n) is 7.90. The van der Waals surface area contributed by atoms with Gasteiger partial charge in [-0.2, -0.15) is 0 Å². The summed E-state index contributed by atoms with van der Waals surface area (Å²) in [7, 11) is 0. The topological polar surface area (TPSA) is 32.3 Å². The molecule has 3 nitrogen and oxygen atoms in total. The Kier molecular flexibility index (Phi) is 4.36. The second-order valence-corrected chi connectivity index (χ2v) is 6.10. The van der Waals surface area contributed by atoms with Crippen molar-refractivity contribution in [3.63, 3.8) is 0 Å². The van der Waals surface area contributed by atoms with Crippen LogP contribution in [0.2, 0.25) is 0 Å². The first-order chi connectivity index (χ1) is 9.83. The van der Waals surface area contributed by atoms with Crippen LogP contribution in [0, 0.1) is 5.92 Å². The maximum absolute atomic E-state index is 11.9. The number of rotatable bonds is 5. The van der Waals surface area contributed by atoms with Gasteiger partial charge in [0.15, 0.2) is 0 Å². The van der Waals surface area contributed by atoms with Crippen LogP contribution in [0.25, 0.3) is 0 Å². The summed E-state index contributed by atoms with van der Waals surface area (Å²) < 4.78 is 0. The molecule has 0 spiro atoms. The number of hydrogen-bond acceptors (Lipinski definition) is 2. The Bertz CT molecular complexity index is 462. The molecule has 1 saturated carbocycles. The normalized spacial score (nSPS) is 19.8. The molecular formula is C17H24N2O. The molecule has 108 valence electrons. The fourth-order valence-electron chi connectivity index (χ4n) is 3.06. The summed E-state index contributed by atoms with van der Waals surface area (Å²) in [6, 6.07) is 8.51. The third kappa shape index (κ3) is 3.21. The summed E-state index contributed by atoms with van der Waals surface area (Å²) in [5.41, 5.74) is 2.63. The zero-order chi connectivity index (χ0) is 13.8. The van der Waals surface area contributed by atoms with E-state index in [0.29, 0.717) is 6.54 Å². The molecule has 1 aromatic rings. The molecule has 1 heterocycles. The van der Waals surface area contributed by atoms with Crippen molar-refractivity contribution < 1.29 is 4.79 Å². The molecule has 1 aliphatic carbocycles. The largest absolute Gasteiger partial charge is 0.352 e. The third-order valence-electron chi connectivity index (χ3n) is 4.64. The maximum Gasteiger partial charge on any atom is 0.223 e. The average Bonchev–Trinajstić information content (AvgIpc) is 2.88. The van der Waals surface area contributed by atoms with Gasteiger partial charge in [-0.3, -0.25) is 9.69 Å². The molecule has 3 heteroatoms. The highest BCUT2D eigenvalue weighted by atomic mass is 16.1. The van der Waals surface area contributed by atoms with E-state index in [2.05, 4.69) is 34.5 Å². The highest BCUT2D eigenvalue weighted by Crippen LogP contribution is 2.26. The van der Waals surface area contributed by atoms with Gasteiger partial charge in [0.25, 0.3) is 0 Å². The third-order valence-corrected chi connectivity index (χ3v) is 4.64. The van der Waals surface area contributed by atoms with Gasteiger partial charge < -0.3 is 5.32 Å². The van der Waals surface area contributed by atoms with E-state index in [1.54, 1.807) is 0 Å². The SMILES string of the molecule is O=C(NCc1ccccc1CN1CCCC1)C1CCC1. The van der Waals surface area contributed by atoms with Gasteiger partial charge >= 0.3 is 0 Å². The molecular weight excluding hydrogens is 248 g/mol. The van der Waals surface area contributed by atoms with Gasteiger partial charge in [-0.15, -0.1) is 0 Å². The van der Waals surface area contributed by atoms with E-state index in [0.717, 1.165) is 19.4 Å². The Morgan fingerprint density at radius 2 is 1.80 bits per heavy atom. The lowest BCUT2D eigenvalue weighted by Crippen LogP contribution is -2.34. The Morgan fingerprint density at radius 3 is 2.45 bits per heavy atom. The van der Waals surface area contributed by atoms with E-state index in [9.17, 15) is 4.79 Å². The summed E-state index contributed by atoms with van der Waals surface area (Å²) >= 11 is 0. The first-order valence-corrected chi connectivity index (χ1v) is 7.90. The standard InChI is InChI=1S/C17H24N2O/c20-17(14-8-5-9-14)18-12-15-6-1-2-7-16(15)13-19-10-3-4-11-19/h1-2,6-7,14H,3-5,8-13H2,(H,18,20). The van der Waals surface area contributed by atoms with E-state index < -0.39 is 0 Å². The van der Waals surface area contributed by atoms with Crippen molar-refractivity contribution in [1.29, 1.82) is 0 Å². The zero-order valence-electron chi connectivity index (χ0n) is 12.1. The molecule has 0 atom stereocenters. The van der Waals surface area contributed by atoms with Crippen LogP contribution in [0.1, 0.15) is 43.2 Å². The molecule has 1 N–H and O–H groups in total. The van der Waals surface area contributed by atoms with Gasteiger partial charge in [-0.05, 0) is 49.9 Å². The average molecular weight is 272 g/mol. The lowest BCUT2D eigenvalue weighted by atomic mass is 9.85. The maximum atomic E-state index is 11.9. The van der Waals surface area contributed by atoms with Gasteiger partial charge in [-0.1, -0.05) is 30.7 Å². The molecule has 2 aliphatic rings. The molecule has 0 radical (unpaired) electrons. The second-order valence-electron chi connectivity index (χ2n) is 6.10. The monoisotopic (exact) mass is 272 g/mol. The molecule has 2 fully saturated rings. The number of hydrogen-bond donors (Lipinski definition) is 1. The molecule has 20 heavy (non-hydrogen) atoms. The highest BCUT2D eigenvalue weighted by molar-refractivity contribution is 5.79. The van der Waals surface area contributed by atoms with Crippen molar-refractivity contribution in [2.45, 2.75) is 45.2 Å². The number of nitrogens with zero attached hydrogens (tertiary/aromatic N) is 1. The number of carbonyl (C=O) groups excluding carboxylic acids is 1. The van der Waals surface area contributed by atoms with Gasteiger partial charge in [0.2, 0.25) is 5.91 Å². The molecule has 3 rings (SSSR count). The van der Waals surface area contributed by atoms with Crippen molar-refractivity contribution in [3.8, 4) is 0 Å². The molecule has 1 aliphatic heterocycles. The Labute approximate surface area is 121 Å². The van der Waals surface area contributed by atoms with Crippen LogP contribution in [0.3, 0.4) is 0 Å². The fraction of sp³-hybridized carbons (Fsp3) is 0.588. The summed E-state index contributed by atoms with van der Waals surface area (Å²) in [5.74, 6) is 0.521. The van der Waals surface area contributed by atoms with E-state index in [-0.39, 0.29) is 11.8 Å². The number of likely N-dealkylation sites (tertiary alicyclic amines) is 1. The summed E-state index contributed by atoms with van der Waals surface area (Å²) in [5, 5.41) is 3.11. The number of benzene rings is 1. The highest BCUT2D eigenvalue weighted by Gasteiger charge is 2.24. The quantitative estimate of drug-likeness (QED) is 0.894. The lowest BCUT2D eigenvalue weighted by molar-refractivity contribution is -0.127. The van der Waals surface area contributed by atoms with E-state index in [1.807, 2.05) is 0 Å². The fourth-order valence-corrected chi connectivity index (χ4v) is 3.06. The zero-order valence-corrected chi connectivity index (χ0v) is 12.1. The Balaban J connectivity index is 1.58. The summed E-state index contributed by atoms with van der Waals surface area (Å²) in [4.78, 5) is 14.4. The van der Waals surface area contributed by atoms with Crippen LogP contribution in [0.5, 0.6) is 0 Å². The summed E-state index contributed by atoms with van der Waals surface area (Å²) in [6.45, 7) is 4.13. The van der Waals surface area contributed by atoms with Crippen molar-refractivity contribution in [3.05, 3.63) is 35.4 Å². The minimum atomic E-state index is 0.243. The van der Waals surface area contributed by atoms with Crippen LogP contribution in [0.4, 0.5) is 0 Å². The lowest BCUT2D eigenvalue weighted by Gasteiger charge is -2.24. The minimum absolute atomic E-state index is 0.243. The molecule has 1 aromatic carbocycles. The minimum Gasteiger partial charge on any atom is -0.352 e. The number of carbonyl (C=O) groups is 1. The predicted octanol–water partition coefficient (Wildman–Crippen LogP) is 2.70. The van der Waals surface area contributed by atoms with E-state index >= 15 is 0 Å². The number of nitrogens with one attached hydrogen (secondary N) is 1. The van der Waals surface area contributed by atoms with Crippen LogP contribution < -0.4 is 5.32 Å². The molecule has 1 amide bonds. The first kappa shape index (κ1) is 13.6. The van der Waals surface area contributed by atoms with Gasteiger partial charge in [0.1, 0.15) is 0 Å². The summed E-state index contributed by atoms with van der Waals surface area (Å²) in [6.07, 6.45) is 5.99. The van der Waals surface area contributed by atoms with Gasteiger partial charge in [-0.25, -0.2) is 0 Å². The molecule has 0 unspecified atom stereocenters. The molecule has 0 bridgehead atoms. The van der Waals surface area contributed by atoms with Crippen molar-refractivity contribution in [2.24, 2.45) is 5.92 Å². The van der Waals surface area contributed by atoms with E-state index in [4.69, 9.17) is 0 Å². The van der Waals surface area contributed by atoms with Crippen molar-refractivity contribution in [2.75, 3.05) is 13.1 Å². The van der Waals surface area contributed by atoms with Gasteiger partial charge in [0, 0.05) is 19.0 Å². The molecule has 1 saturated heterocycles. The predicted molar refractivity (Wildman–Crippen MR) is 80.1 cm³/mol. The van der Waals surface area contributed by atoms with Crippen LogP contribution in [-0.2, 0) is 17.9 Å². The van der Waals surface area contributed by atoms with Crippen molar-refractivity contribution >= 4 is 5.91 Å². The van der Waals surface area contributed by atoms with Crippen LogP contribution in [0.15, 0.2) is 24.3 Å². The Hall–Kier alpha value is -1.35. The second kappa shape index (κ2) is 6.40. The van der Waals surface area contributed by atoms with Crippen molar-refractivity contribution in [1.82, 2.24) is 10.2 Å². The van der Waals surface area contributed by atoms with Crippen LogP contribution >= 0.6 is 0 Å². The number of amides is 1. The Morgan fingerprint density at radius 1 is 1.10 bits per heavy atom. The molecule has 0 aromatic heterocycles. The van der Waals surface area contributed by atoms with Gasteiger partial charge in [0.05, 0.1) is 0 Å². The van der Waals surface area contributed by atoms with Crippen LogP contribution in [-0.4, -0.2) is 23.9 Å². The van der Waals surface area contributed by atoms with E-state index in [1.165, 1.54) is 43.5 Å².